The van der Waals surface area contributed by atoms with Crippen LogP contribution in [0, 0.1) is 11.6 Å². The lowest BCUT2D eigenvalue weighted by Crippen LogP contribution is -2.14. The van der Waals surface area contributed by atoms with E-state index in [1.807, 2.05) is 12.1 Å². The Balaban J connectivity index is 2.19. The van der Waals surface area contributed by atoms with E-state index in [0.29, 0.717) is 16.5 Å². The molecule has 1 N–H and O–H groups in total. The van der Waals surface area contributed by atoms with E-state index in [4.69, 9.17) is 11.6 Å². The molecule has 0 bridgehead atoms. The molecule has 0 aromatic heterocycles. The van der Waals surface area contributed by atoms with Gasteiger partial charge in [0.15, 0.2) is 11.6 Å². The predicted octanol–water partition coefficient (Wildman–Crippen LogP) is 5.27. The van der Waals surface area contributed by atoms with Gasteiger partial charge in [0, 0.05) is 21.4 Å². The molecule has 0 aliphatic rings. The summed E-state index contributed by atoms with van der Waals surface area (Å²) < 4.78 is 26.2. The average molecular weight is 328 g/mol. The van der Waals surface area contributed by atoms with Gasteiger partial charge < -0.3 is 5.32 Å². The maximum Gasteiger partial charge on any atom is 0.159 e. The summed E-state index contributed by atoms with van der Waals surface area (Å²) in [4.78, 5) is 1.64. The van der Waals surface area contributed by atoms with E-state index in [0.717, 1.165) is 29.5 Å². The van der Waals surface area contributed by atoms with Crippen LogP contribution in [0.2, 0.25) is 5.02 Å². The van der Waals surface area contributed by atoms with Gasteiger partial charge in [-0.3, -0.25) is 0 Å². The molecule has 0 aliphatic heterocycles. The second-order valence-electron chi connectivity index (χ2n) is 4.61. The molecule has 0 saturated heterocycles. The summed E-state index contributed by atoms with van der Waals surface area (Å²) in [7, 11) is 0. The Morgan fingerprint density at radius 1 is 1.10 bits per heavy atom. The standard InChI is InChI=1S/C16H16ClF2NS/c1-2-7-20-10-11-8-12(17)3-6-16(11)21-13-4-5-14(18)15(19)9-13/h3-6,8-9,20H,2,7,10H2,1H3. The van der Waals surface area contributed by atoms with E-state index in [1.54, 1.807) is 12.1 Å². The number of halogens is 3. The zero-order valence-electron chi connectivity index (χ0n) is 11.6. The normalized spacial score (nSPS) is 10.9. The molecule has 21 heavy (non-hydrogen) atoms. The van der Waals surface area contributed by atoms with Crippen LogP contribution in [-0.2, 0) is 6.54 Å². The Morgan fingerprint density at radius 2 is 1.90 bits per heavy atom. The van der Waals surface area contributed by atoms with Crippen molar-refractivity contribution in [2.24, 2.45) is 0 Å². The van der Waals surface area contributed by atoms with Gasteiger partial charge in [-0.2, -0.15) is 0 Å². The third-order valence-electron chi connectivity index (χ3n) is 2.88. The van der Waals surface area contributed by atoms with Gasteiger partial charge in [0.25, 0.3) is 0 Å². The van der Waals surface area contributed by atoms with Crippen LogP contribution in [0.3, 0.4) is 0 Å². The van der Waals surface area contributed by atoms with Crippen molar-refractivity contribution in [3.63, 3.8) is 0 Å². The van der Waals surface area contributed by atoms with E-state index in [-0.39, 0.29) is 0 Å². The molecular weight excluding hydrogens is 312 g/mol. The Bertz CT molecular complexity index is 619. The molecule has 1 nitrogen and oxygen atoms in total. The highest BCUT2D eigenvalue weighted by Crippen LogP contribution is 2.32. The number of hydrogen-bond acceptors (Lipinski definition) is 2. The van der Waals surface area contributed by atoms with Crippen molar-refractivity contribution in [3.05, 3.63) is 58.6 Å². The number of rotatable bonds is 6. The molecule has 112 valence electrons. The third kappa shape index (κ3) is 4.70. The lowest BCUT2D eigenvalue weighted by Gasteiger charge is -2.11. The Morgan fingerprint density at radius 3 is 2.62 bits per heavy atom. The van der Waals surface area contributed by atoms with Gasteiger partial charge in [-0.1, -0.05) is 30.3 Å². The minimum atomic E-state index is -0.834. The summed E-state index contributed by atoms with van der Waals surface area (Å²) in [6.45, 7) is 3.71. The van der Waals surface area contributed by atoms with Crippen molar-refractivity contribution in [1.29, 1.82) is 0 Å². The first-order valence-corrected chi connectivity index (χ1v) is 7.91. The molecule has 2 rings (SSSR count). The minimum absolute atomic E-state index is 0.660. The minimum Gasteiger partial charge on any atom is -0.313 e. The molecule has 0 fully saturated rings. The van der Waals surface area contributed by atoms with Gasteiger partial charge in [0.05, 0.1) is 0 Å². The maximum atomic E-state index is 13.3. The van der Waals surface area contributed by atoms with Crippen molar-refractivity contribution in [2.45, 2.75) is 29.7 Å². The summed E-state index contributed by atoms with van der Waals surface area (Å²) in [5.74, 6) is -1.67. The van der Waals surface area contributed by atoms with Crippen LogP contribution in [0.4, 0.5) is 8.78 Å². The van der Waals surface area contributed by atoms with Crippen molar-refractivity contribution >= 4 is 23.4 Å². The number of hydrogen-bond donors (Lipinski definition) is 1. The van der Waals surface area contributed by atoms with Gasteiger partial charge >= 0.3 is 0 Å². The lowest BCUT2D eigenvalue weighted by molar-refractivity contribution is 0.506. The number of benzene rings is 2. The molecular formula is C16H16ClF2NS. The van der Waals surface area contributed by atoms with E-state index in [2.05, 4.69) is 12.2 Å². The molecule has 0 heterocycles. The largest absolute Gasteiger partial charge is 0.313 e. The first-order valence-electron chi connectivity index (χ1n) is 6.72. The fourth-order valence-electron chi connectivity index (χ4n) is 1.85. The molecule has 0 radical (unpaired) electrons. The lowest BCUT2D eigenvalue weighted by atomic mass is 10.2. The Hall–Kier alpha value is -1.10. The first-order chi connectivity index (χ1) is 10.1. The molecule has 5 heteroatoms. The van der Waals surface area contributed by atoms with E-state index >= 15 is 0 Å². The van der Waals surface area contributed by atoms with Crippen molar-refractivity contribution in [1.82, 2.24) is 5.32 Å². The van der Waals surface area contributed by atoms with Crippen LogP contribution in [0.5, 0.6) is 0 Å². The van der Waals surface area contributed by atoms with E-state index in [9.17, 15) is 8.78 Å². The predicted molar refractivity (Wildman–Crippen MR) is 83.9 cm³/mol. The molecule has 2 aromatic rings. The highest BCUT2D eigenvalue weighted by molar-refractivity contribution is 7.99. The van der Waals surface area contributed by atoms with Crippen molar-refractivity contribution in [2.75, 3.05) is 6.54 Å². The maximum absolute atomic E-state index is 13.3. The Labute approximate surface area is 132 Å². The highest BCUT2D eigenvalue weighted by atomic mass is 35.5. The topological polar surface area (TPSA) is 12.0 Å². The molecule has 0 saturated carbocycles. The van der Waals surface area contributed by atoms with Crippen molar-refractivity contribution < 1.29 is 8.78 Å². The fourth-order valence-corrected chi connectivity index (χ4v) is 3.00. The summed E-state index contributed by atoms with van der Waals surface area (Å²) in [5, 5.41) is 3.98. The van der Waals surface area contributed by atoms with Gasteiger partial charge in [-0.15, -0.1) is 0 Å². The van der Waals surface area contributed by atoms with Gasteiger partial charge in [-0.25, -0.2) is 8.78 Å². The second kappa shape index (κ2) is 7.78. The van der Waals surface area contributed by atoms with Crippen molar-refractivity contribution in [3.8, 4) is 0 Å². The van der Waals surface area contributed by atoms with Crippen LogP contribution < -0.4 is 5.32 Å². The fraction of sp³-hybridized carbons (Fsp3) is 0.250. The summed E-state index contributed by atoms with van der Waals surface area (Å²) in [6, 6.07) is 9.51. The summed E-state index contributed by atoms with van der Waals surface area (Å²) in [5.41, 5.74) is 1.05. The van der Waals surface area contributed by atoms with Crippen LogP contribution in [0.25, 0.3) is 0 Å². The molecule has 0 unspecified atom stereocenters. The quantitative estimate of drug-likeness (QED) is 0.725. The zero-order valence-corrected chi connectivity index (χ0v) is 13.2. The van der Waals surface area contributed by atoms with E-state index in [1.165, 1.54) is 17.8 Å². The average Bonchev–Trinajstić information content (AvgIpc) is 2.46. The van der Waals surface area contributed by atoms with Crippen LogP contribution in [0.15, 0.2) is 46.2 Å². The second-order valence-corrected chi connectivity index (χ2v) is 6.16. The van der Waals surface area contributed by atoms with Crippen LogP contribution in [-0.4, -0.2) is 6.54 Å². The van der Waals surface area contributed by atoms with Crippen LogP contribution in [0.1, 0.15) is 18.9 Å². The van der Waals surface area contributed by atoms with Gasteiger partial charge in [0.2, 0.25) is 0 Å². The van der Waals surface area contributed by atoms with E-state index < -0.39 is 11.6 Å². The molecule has 2 aromatic carbocycles. The first kappa shape index (κ1) is 16.3. The molecule has 0 amide bonds. The molecule has 0 spiro atoms. The van der Waals surface area contributed by atoms with Crippen LogP contribution >= 0.6 is 23.4 Å². The SMILES string of the molecule is CCCNCc1cc(Cl)ccc1Sc1ccc(F)c(F)c1. The van der Waals surface area contributed by atoms with Gasteiger partial charge in [0.1, 0.15) is 0 Å². The number of nitrogens with one attached hydrogen (secondary N) is 1. The highest BCUT2D eigenvalue weighted by Gasteiger charge is 2.08. The summed E-state index contributed by atoms with van der Waals surface area (Å²) in [6.07, 6.45) is 1.05. The molecule has 0 aliphatic carbocycles. The Kier molecular flexibility index (Phi) is 6.03. The zero-order chi connectivity index (χ0) is 15.2. The monoisotopic (exact) mass is 327 g/mol. The summed E-state index contributed by atoms with van der Waals surface area (Å²) >= 11 is 7.43. The molecule has 0 atom stereocenters. The smallest absolute Gasteiger partial charge is 0.159 e. The third-order valence-corrected chi connectivity index (χ3v) is 4.23. The van der Waals surface area contributed by atoms with Gasteiger partial charge in [-0.05, 0) is 54.9 Å².